The molecule has 1 radical (unpaired) electrons. The average Bonchev–Trinajstić information content (AvgIpc) is 3.68. The summed E-state index contributed by atoms with van der Waals surface area (Å²) in [5, 5.41) is 39.2. The van der Waals surface area contributed by atoms with Crippen molar-refractivity contribution in [1.29, 1.82) is 0 Å². The Balaban J connectivity index is 0.00000308. The molecule has 1 aromatic carbocycles. The molecule has 0 saturated carbocycles. The van der Waals surface area contributed by atoms with Gasteiger partial charge in [-0.1, -0.05) is 6.07 Å². The zero-order valence-electron chi connectivity index (χ0n) is 20.6. The van der Waals surface area contributed by atoms with Gasteiger partial charge in [-0.05, 0) is 84.5 Å². The maximum absolute atomic E-state index is 10.4. The molecular formula is C29H24CoN4O5. The SMILES string of the molecule is COc1ccc(-c2cc3cc4nc(cc5ccc(cc6nc(cc2[nH]3)C=C6)[nH]5)C=C4)cc1C(O)C(O)(O)O.[Co]. The average molecular weight is 567 g/mol. The second-order valence-corrected chi connectivity index (χ2v) is 9.13. The van der Waals surface area contributed by atoms with Gasteiger partial charge in [-0.2, -0.15) is 0 Å². The van der Waals surface area contributed by atoms with Gasteiger partial charge in [-0.3, -0.25) is 0 Å². The van der Waals surface area contributed by atoms with Crippen molar-refractivity contribution in [2.75, 3.05) is 7.11 Å². The number of nitrogens with zero attached hydrogens (tertiary/aromatic N) is 2. The van der Waals surface area contributed by atoms with Crippen LogP contribution in [0, 0.1) is 0 Å². The fourth-order valence-corrected chi connectivity index (χ4v) is 4.58. The molecule has 2 aliphatic rings. The van der Waals surface area contributed by atoms with Gasteiger partial charge in [-0.25, -0.2) is 9.97 Å². The number of aliphatic hydroxyl groups excluding tert-OH is 1. The van der Waals surface area contributed by atoms with Crippen molar-refractivity contribution in [3.8, 4) is 16.9 Å². The number of rotatable bonds is 4. The number of benzene rings is 1. The van der Waals surface area contributed by atoms with E-state index >= 15 is 0 Å². The van der Waals surface area contributed by atoms with Gasteiger partial charge in [0.2, 0.25) is 0 Å². The third-order valence-corrected chi connectivity index (χ3v) is 6.37. The molecule has 6 N–H and O–H groups in total. The predicted octanol–water partition coefficient (Wildman–Crippen LogP) is 3.99. The summed E-state index contributed by atoms with van der Waals surface area (Å²) in [6.45, 7) is 0. The van der Waals surface area contributed by atoms with Crippen LogP contribution < -0.4 is 4.74 Å². The molecule has 1 unspecified atom stereocenters. The van der Waals surface area contributed by atoms with Crippen LogP contribution in [0.25, 0.3) is 57.5 Å². The van der Waals surface area contributed by atoms with Crippen LogP contribution in [0.2, 0.25) is 0 Å². The van der Waals surface area contributed by atoms with Crippen LogP contribution in [0.1, 0.15) is 34.4 Å². The summed E-state index contributed by atoms with van der Waals surface area (Å²) >= 11 is 0. The van der Waals surface area contributed by atoms with Crippen LogP contribution in [0.3, 0.4) is 0 Å². The minimum Gasteiger partial charge on any atom is -0.496 e. The summed E-state index contributed by atoms with van der Waals surface area (Å²) in [6, 6.07) is 18.6. The van der Waals surface area contributed by atoms with Crippen LogP contribution in [0.4, 0.5) is 0 Å². The second kappa shape index (κ2) is 10.3. The van der Waals surface area contributed by atoms with Crippen molar-refractivity contribution in [1.82, 2.24) is 19.9 Å². The molecular weight excluding hydrogens is 543 g/mol. The van der Waals surface area contributed by atoms with Crippen molar-refractivity contribution in [3.05, 3.63) is 89.0 Å². The smallest absolute Gasteiger partial charge is 0.307 e. The number of methoxy groups -OCH3 is 1. The Morgan fingerprint density at radius 2 is 1.28 bits per heavy atom. The number of aromatic nitrogens is 4. The number of hydrogen-bond donors (Lipinski definition) is 6. The van der Waals surface area contributed by atoms with Gasteiger partial charge in [0, 0.05) is 50.0 Å². The van der Waals surface area contributed by atoms with E-state index in [1.165, 1.54) is 7.11 Å². The van der Waals surface area contributed by atoms with E-state index in [-0.39, 0.29) is 28.1 Å². The fraction of sp³-hybridized carbons (Fsp3) is 0.103. The maximum atomic E-state index is 10.4. The molecule has 1 atom stereocenters. The number of ether oxygens (including phenoxy) is 1. The zero-order valence-corrected chi connectivity index (χ0v) is 21.6. The van der Waals surface area contributed by atoms with Gasteiger partial charge in [0.25, 0.3) is 0 Å². The van der Waals surface area contributed by atoms with Crippen LogP contribution >= 0.6 is 0 Å². The Morgan fingerprint density at radius 3 is 1.85 bits per heavy atom. The van der Waals surface area contributed by atoms with Crippen molar-refractivity contribution in [2.24, 2.45) is 0 Å². The van der Waals surface area contributed by atoms with E-state index in [2.05, 4.69) is 9.97 Å². The van der Waals surface area contributed by atoms with E-state index in [0.717, 1.165) is 50.4 Å². The molecule has 5 heterocycles. The van der Waals surface area contributed by atoms with E-state index in [4.69, 9.17) is 14.7 Å². The molecule has 2 aliphatic heterocycles. The van der Waals surface area contributed by atoms with E-state index in [9.17, 15) is 20.4 Å². The van der Waals surface area contributed by atoms with Crippen LogP contribution in [0.5, 0.6) is 5.75 Å². The monoisotopic (exact) mass is 567 g/mol. The third kappa shape index (κ3) is 5.43. The number of fused-ring (bicyclic) bond motifs is 8. The number of H-pyrrole nitrogens is 2. The van der Waals surface area contributed by atoms with Crippen LogP contribution in [-0.4, -0.2) is 53.4 Å². The van der Waals surface area contributed by atoms with Gasteiger partial charge in [0.1, 0.15) is 5.75 Å². The Hall–Kier alpha value is -4.03. The van der Waals surface area contributed by atoms with Crippen molar-refractivity contribution in [3.63, 3.8) is 0 Å². The minimum absolute atomic E-state index is 0. The molecule has 199 valence electrons. The van der Waals surface area contributed by atoms with Gasteiger partial charge in [0.05, 0.1) is 29.9 Å². The first kappa shape index (κ1) is 26.6. The topological polar surface area (TPSA) is 148 Å². The first-order valence-corrected chi connectivity index (χ1v) is 11.9. The van der Waals surface area contributed by atoms with Crippen LogP contribution in [0.15, 0.2) is 60.7 Å². The predicted molar refractivity (Wildman–Crippen MR) is 145 cm³/mol. The quantitative estimate of drug-likeness (QED) is 0.177. The summed E-state index contributed by atoms with van der Waals surface area (Å²) in [5.74, 6) is -3.15. The molecule has 0 spiro atoms. The van der Waals surface area contributed by atoms with Gasteiger partial charge < -0.3 is 35.1 Å². The van der Waals surface area contributed by atoms with Crippen molar-refractivity contribution < 1.29 is 41.9 Å². The molecule has 0 aliphatic carbocycles. The molecule has 9 nitrogen and oxygen atoms in total. The van der Waals surface area contributed by atoms with E-state index < -0.39 is 12.1 Å². The largest absolute Gasteiger partial charge is 0.496 e. The third-order valence-electron chi connectivity index (χ3n) is 6.37. The van der Waals surface area contributed by atoms with E-state index in [1.807, 2.05) is 66.8 Å². The number of aliphatic hydroxyl groups is 4. The van der Waals surface area contributed by atoms with Gasteiger partial charge >= 0.3 is 5.97 Å². The molecule has 3 aromatic heterocycles. The van der Waals surface area contributed by atoms with Gasteiger partial charge in [0.15, 0.2) is 6.10 Å². The Kier molecular flexibility index (Phi) is 6.99. The Bertz CT molecular complexity index is 1780. The van der Waals surface area contributed by atoms with Crippen LogP contribution in [-0.2, 0) is 16.8 Å². The Morgan fingerprint density at radius 1 is 0.718 bits per heavy atom. The maximum Gasteiger partial charge on any atom is 0.307 e. The standard InChI is InChI=1S/C29H24N4O5.Co/c1-38-27-9-2-16(10-25(27)28(34)29(35,36)37)24-14-23-13-21-6-5-19(31-21)11-17-3-4-18(30-17)12-20-7-8-22(32-20)15-26(24)33-23;/h2-15,28,30,33-37H,1H3;. The normalized spacial score (nSPS) is 13.3. The molecule has 39 heavy (non-hydrogen) atoms. The van der Waals surface area contributed by atoms with Crippen molar-refractivity contribution >= 4 is 46.4 Å². The number of nitrogens with one attached hydrogen (secondary N) is 2. The fourth-order valence-electron chi connectivity index (χ4n) is 4.58. The summed E-state index contributed by atoms with van der Waals surface area (Å²) in [6.07, 6.45) is 5.70. The van der Waals surface area contributed by atoms with Crippen molar-refractivity contribution in [2.45, 2.75) is 12.1 Å². The molecule has 10 heteroatoms. The molecule has 0 fully saturated rings. The second-order valence-electron chi connectivity index (χ2n) is 9.13. The van der Waals surface area contributed by atoms with E-state index in [0.29, 0.717) is 5.56 Å². The Labute approximate surface area is 233 Å². The number of hydrogen-bond acceptors (Lipinski definition) is 7. The first-order valence-electron chi connectivity index (χ1n) is 11.9. The van der Waals surface area contributed by atoms with E-state index in [1.54, 1.807) is 18.2 Å². The minimum atomic E-state index is -3.34. The first-order chi connectivity index (χ1) is 18.2. The summed E-state index contributed by atoms with van der Waals surface area (Å²) in [5.41, 5.74) is 7.91. The summed E-state index contributed by atoms with van der Waals surface area (Å²) in [4.78, 5) is 16.2. The number of aromatic amines is 2. The molecule has 6 rings (SSSR count). The molecule has 0 saturated heterocycles. The zero-order chi connectivity index (χ0) is 26.4. The molecule has 8 bridgehead atoms. The summed E-state index contributed by atoms with van der Waals surface area (Å²) < 4.78 is 5.27. The molecule has 0 amide bonds. The van der Waals surface area contributed by atoms with Gasteiger partial charge in [-0.15, -0.1) is 0 Å². The molecule has 4 aromatic rings. The summed E-state index contributed by atoms with van der Waals surface area (Å²) in [7, 11) is 1.39.